The van der Waals surface area contributed by atoms with Crippen molar-refractivity contribution < 1.29 is 4.74 Å². The van der Waals surface area contributed by atoms with Crippen molar-refractivity contribution in [3.05, 3.63) is 0 Å². The molecular weight excluding hydrogens is 216 g/mol. The quantitative estimate of drug-likeness (QED) is 0.374. The molecule has 3 N–H and O–H groups in total. The molecule has 0 heterocycles. The monoisotopic (exact) mass is 244 g/mol. The molecular formula is C12H28N4O. The minimum Gasteiger partial charge on any atom is -0.383 e. The zero-order valence-electron chi connectivity index (χ0n) is 11.9. The number of hydrogen-bond acceptors (Lipinski definition) is 3. The molecule has 0 saturated carbocycles. The van der Waals surface area contributed by atoms with Crippen LogP contribution in [0.15, 0.2) is 4.99 Å². The topological polar surface area (TPSA) is 62.9 Å². The van der Waals surface area contributed by atoms with Crippen LogP contribution in [-0.2, 0) is 4.74 Å². The number of guanidine groups is 1. The summed E-state index contributed by atoms with van der Waals surface area (Å²) in [4.78, 5) is 6.68. The first-order chi connectivity index (χ1) is 7.99. The Balaban J connectivity index is 3.89. The molecule has 0 aliphatic rings. The Morgan fingerprint density at radius 3 is 2.35 bits per heavy atom. The average molecular weight is 244 g/mol. The molecule has 0 rings (SSSR count). The Bertz CT molecular complexity index is 209. The molecule has 0 aromatic rings. The van der Waals surface area contributed by atoms with Crippen LogP contribution in [0.25, 0.3) is 0 Å². The molecule has 0 bridgehead atoms. The van der Waals surface area contributed by atoms with Crippen LogP contribution >= 0.6 is 0 Å². The van der Waals surface area contributed by atoms with Crippen LogP contribution in [0.2, 0.25) is 0 Å². The maximum absolute atomic E-state index is 5.72. The van der Waals surface area contributed by atoms with E-state index in [2.05, 4.69) is 42.9 Å². The van der Waals surface area contributed by atoms with Gasteiger partial charge in [0.15, 0.2) is 5.96 Å². The van der Waals surface area contributed by atoms with Crippen molar-refractivity contribution in [3.8, 4) is 0 Å². The van der Waals surface area contributed by atoms with E-state index in [1.165, 1.54) is 0 Å². The van der Waals surface area contributed by atoms with Crippen molar-refractivity contribution in [2.75, 3.05) is 33.4 Å². The van der Waals surface area contributed by atoms with Crippen LogP contribution in [0.3, 0.4) is 0 Å². The smallest absolute Gasteiger partial charge is 0.188 e. The molecule has 0 atom stereocenters. The van der Waals surface area contributed by atoms with Crippen LogP contribution in [0.5, 0.6) is 0 Å². The summed E-state index contributed by atoms with van der Waals surface area (Å²) in [5, 5.41) is 3.00. The maximum Gasteiger partial charge on any atom is 0.188 e. The molecule has 0 aromatic heterocycles. The lowest BCUT2D eigenvalue weighted by atomic mass is 10.2. The molecule has 0 aromatic carbocycles. The molecule has 0 aliphatic carbocycles. The van der Waals surface area contributed by atoms with E-state index in [4.69, 9.17) is 10.5 Å². The van der Waals surface area contributed by atoms with Crippen LogP contribution in [0, 0.1) is 0 Å². The van der Waals surface area contributed by atoms with Gasteiger partial charge >= 0.3 is 0 Å². The number of methoxy groups -OCH3 is 1. The van der Waals surface area contributed by atoms with Crippen molar-refractivity contribution >= 4 is 5.96 Å². The predicted octanol–water partition coefficient (Wildman–Crippen LogP) is 0.656. The van der Waals surface area contributed by atoms with Crippen LogP contribution < -0.4 is 11.1 Å². The molecule has 17 heavy (non-hydrogen) atoms. The highest BCUT2D eigenvalue weighted by atomic mass is 16.5. The molecule has 0 amide bonds. The number of nitrogens with one attached hydrogen (secondary N) is 1. The average Bonchev–Trinajstić information content (AvgIpc) is 2.23. The second kappa shape index (κ2) is 9.24. The highest BCUT2D eigenvalue weighted by Gasteiger charge is 2.11. The Labute approximate surface area is 105 Å². The standard InChI is InChI=1S/C12H28N4O/c1-10(2)16(11(3)4)8-6-14-12(13)15-7-9-17-5/h10-11H,6-9H2,1-5H3,(H3,13,14,15). The van der Waals surface area contributed by atoms with E-state index in [1.807, 2.05) is 0 Å². The summed E-state index contributed by atoms with van der Waals surface area (Å²) in [6.45, 7) is 11.8. The summed E-state index contributed by atoms with van der Waals surface area (Å²) in [6, 6.07) is 1.07. The fraction of sp³-hybridized carbons (Fsp3) is 0.917. The molecule has 0 aliphatic heterocycles. The van der Waals surface area contributed by atoms with Gasteiger partial charge in [-0.15, -0.1) is 0 Å². The molecule has 0 spiro atoms. The number of nitrogens with two attached hydrogens (primary N) is 1. The van der Waals surface area contributed by atoms with Gasteiger partial charge < -0.3 is 15.8 Å². The third-order valence-corrected chi connectivity index (χ3v) is 2.58. The largest absolute Gasteiger partial charge is 0.383 e. The van der Waals surface area contributed by atoms with Gasteiger partial charge in [0.2, 0.25) is 0 Å². The summed E-state index contributed by atoms with van der Waals surface area (Å²) < 4.78 is 4.92. The number of ether oxygens (including phenoxy) is 1. The predicted molar refractivity (Wildman–Crippen MR) is 73.3 cm³/mol. The first kappa shape index (κ1) is 16.2. The van der Waals surface area contributed by atoms with Gasteiger partial charge in [-0.25, -0.2) is 0 Å². The minimum atomic E-state index is 0.495. The second-order valence-electron chi connectivity index (χ2n) is 4.61. The molecule has 5 nitrogen and oxygen atoms in total. The first-order valence-corrected chi connectivity index (χ1v) is 6.27. The van der Waals surface area contributed by atoms with Gasteiger partial charge in [0, 0.05) is 32.3 Å². The van der Waals surface area contributed by atoms with E-state index < -0.39 is 0 Å². The minimum absolute atomic E-state index is 0.495. The lowest BCUT2D eigenvalue weighted by Crippen LogP contribution is -2.40. The van der Waals surface area contributed by atoms with E-state index in [-0.39, 0.29) is 0 Å². The van der Waals surface area contributed by atoms with Crippen molar-refractivity contribution in [2.45, 2.75) is 39.8 Å². The summed E-state index contributed by atoms with van der Waals surface area (Å²) in [5.74, 6) is 0.495. The SMILES string of the molecule is COCCNC(N)=NCCN(C(C)C)C(C)C. The number of rotatable bonds is 8. The molecule has 102 valence electrons. The number of aliphatic imine (C=N–C) groups is 1. The van der Waals surface area contributed by atoms with E-state index in [0.717, 1.165) is 13.1 Å². The highest BCUT2D eigenvalue weighted by Crippen LogP contribution is 2.03. The summed E-state index contributed by atoms with van der Waals surface area (Å²) in [6.07, 6.45) is 0. The maximum atomic E-state index is 5.72. The molecule has 5 heteroatoms. The Hall–Kier alpha value is -0.810. The van der Waals surface area contributed by atoms with Gasteiger partial charge in [0.25, 0.3) is 0 Å². The number of nitrogens with zero attached hydrogens (tertiary/aromatic N) is 2. The van der Waals surface area contributed by atoms with Gasteiger partial charge in [0.05, 0.1) is 13.2 Å². The molecule has 0 fully saturated rings. The van der Waals surface area contributed by atoms with Gasteiger partial charge in [-0.3, -0.25) is 9.89 Å². The third kappa shape index (κ3) is 7.99. The Morgan fingerprint density at radius 2 is 1.88 bits per heavy atom. The first-order valence-electron chi connectivity index (χ1n) is 6.27. The highest BCUT2D eigenvalue weighted by molar-refractivity contribution is 5.77. The molecule has 0 radical (unpaired) electrons. The zero-order valence-corrected chi connectivity index (χ0v) is 11.9. The summed E-state index contributed by atoms with van der Waals surface area (Å²) >= 11 is 0. The zero-order chi connectivity index (χ0) is 13.3. The van der Waals surface area contributed by atoms with Crippen molar-refractivity contribution in [1.29, 1.82) is 0 Å². The van der Waals surface area contributed by atoms with Gasteiger partial charge in [-0.2, -0.15) is 0 Å². The van der Waals surface area contributed by atoms with E-state index in [9.17, 15) is 0 Å². The molecule has 0 saturated heterocycles. The lowest BCUT2D eigenvalue weighted by molar-refractivity contribution is 0.181. The van der Waals surface area contributed by atoms with Crippen molar-refractivity contribution in [3.63, 3.8) is 0 Å². The Morgan fingerprint density at radius 1 is 1.29 bits per heavy atom. The van der Waals surface area contributed by atoms with Crippen molar-refractivity contribution in [1.82, 2.24) is 10.2 Å². The summed E-state index contributed by atoms with van der Waals surface area (Å²) in [5.41, 5.74) is 5.72. The summed E-state index contributed by atoms with van der Waals surface area (Å²) in [7, 11) is 1.66. The van der Waals surface area contributed by atoms with Crippen molar-refractivity contribution in [2.24, 2.45) is 10.7 Å². The number of hydrogen-bond donors (Lipinski definition) is 2. The van der Waals surface area contributed by atoms with Crippen LogP contribution in [0.1, 0.15) is 27.7 Å². The third-order valence-electron chi connectivity index (χ3n) is 2.58. The lowest BCUT2D eigenvalue weighted by Gasteiger charge is -2.29. The second-order valence-corrected chi connectivity index (χ2v) is 4.61. The fourth-order valence-electron chi connectivity index (χ4n) is 1.74. The fourth-order valence-corrected chi connectivity index (χ4v) is 1.74. The Kier molecular flexibility index (Phi) is 8.80. The molecule has 0 unspecified atom stereocenters. The van der Waals surface area contributed by atoms with Gasteiger partial charge in [-0.05, 0) is 27.7 Å². The normalized spacial score (nSPS) is 12.8. The van der Waals surface area contributed by atoms with E-state index >= 15 is 0 Å². The van der Waals surface area contributed by atoms with E-state index in [1.54, 1.807) is 7.11 Å². The van der Waals surface area contributed by atoms with Gasteiger partial charge in [0.1, 0.15) is 0 Å². The van der Waals surface area contributed by atoms with E-state index in [0.29, 0.717) is 31.2 Å². The van der Waals surface area contributed by atoms with Crippen LogP contribution in [-0.4, -0.2) is 56.3 Å². The van der Waals surface area contributed by atoms with Crippen LogP contribution in [0.4, 0.5) is 0 Å². The van der Waals surface area contributed by atoms with Gasteiger partial charge in [-0.1, -0.05) is 0 Å².